The third kappa shape index (κ3) is 3.28. The van der Waals surface area contributed by atoms with E-state index in [2.05, 4.69) is 16.8 Å². The van der Waals surface area contributed by atoms with Crippen molar-refractivity contribution in [2.75, 3.05) is 33.3 Å². The molecule has 1 heterocycles. The first-order valence-electron chi connectivity index (χ1n) is 6.69. The van der Waals surface area contributed by atoms with Gasteiger partial charge in [0.2, 0.25) is 0 Å². The van der Waals surface area contributed by atoms with E-state index in [1.165, 1.54) is 0 Å². The van der Waals surface area contributed by atoms with Crippen molar-refractivity contribution in [3.05, 3.63) is 36.4 Å². The van der Waals surface area contributed by atoms with Gasteiger partial charge in [0.25, 0.3) is 0 Å². The van der Waals surface area contributed by atoms with Gasteiger partial charge in [0.15, 0.2) is 0 Å². The van der Waals surface area contributed by atoms with E-state index in [4.69, 9.17) is 4.74 Å². The van der Waals surface area contributed by atoms with Crippen molar-refractivity contribution in [1.29, 1.82) is 0 Å². The molecule has 1 aromatic rings. The van der Waals surface area contributed by atoms with Crippen LogP contribution in [0.1, 0.15) is 18.0 Å². The quantitative estimate of drug-likeness (QED) is 0.796. The Bertz CT molecular complexity index is 428. The summed E-state index contributed by atoms with van der Waals surface area (Å²) < 4.78 is 5.41. The van der Waals surface area contributed by atoms with Crippen LogP contribution >= 0.6 is 0 Å². The lowest BCUT2D eigenvalue weighted by atomic mass is 10.00. The molecule has 0 spiro atoms. The number of nitrogens with one attached hydrogen (secondary N) is 1. The van der Waals surface area contributed by atoms with Gasteiger partial charge < -0.3 is 15.2 Å². The number of hydrogen-bond acceptors (Lipinski definition) is 4. The summed E-state index contributed by atoms with van der Waals surface area (Å²) in [6.07, 6.45) is 2.82. The zero-order valence-corrected chi connectivity index (χ0v) is 11.4. The first-order valence-corrected chi connectivity index (χ1v) is 6.69. The number of benzene rings is 1. The summed E-state index contributed by atoms with van der Waals surface area (Å²) in [7, 11) is 1.64. The second kappa shape index (κ2) is 6.59. The van der Waals surface area contributed by atoms with E-state index in [0.717, 1.165) is 43.9 Å². The van der Waals surface area contributed by atoms with Crippen molar-refractivity contribution in [3.63, 3.8) is 0 Å². The number of phenols is 1. The van der Waals surface area contributed by atoms with E-state index in [9.17, 15) is 5.11 Å². The number of rotatable bonds is 5. The van der Waals surface area contributed by atoms with Crippen molar-refractivity contribution >= 4 is 0 Å². The van der Waals surface area contributed by atoms with Gasteiger partial charge in [-0.15, -0.1) is 6.58 Å². The Kier molecular flexibility index (Phi) is 4.82. The summed E-state index contributed by atoms with van der Waals surface area (Å²) in [5, 5.41) is 12.9. The molecule has 2 N–H and O–H groups in total. The van der Waals surface area contributed by atoms with Gasteiger partial charge in [-0.05, 0) is 12.5 Å². The first kappa shape index (κ1) is 13.9. The predicted octanol–water partition coefficient (Wildman–Crippen LogP) is 1.92. The molecular weight excluding hydrogens is 240 g/mol. The van der Waals surface area contributed by atoms with E-state index in [-0.39, 0.29) is 11.8 Å². The Hall–Kier alpha value is -1.52. The minimum Gasteiger partial charge on any atom is -0.508 e. The third-order valence-corrected chi connectivity index (χ3v) is 3.56. The highest BCUT2D eigenvalue weighted by Gasteiger charge is 2.23. The number of aromatic hydroxyl groups is 1. The van der Waals surface area contributed by atoms with Crippen LogP contribution in [-0.4, -0.2) is 43.3 Å². The molecule has 104 valence electrons. The van der Waals surface area contributed by atoms with Crippen molar-refractivity contribution in [2.45, 2.75) is 12.5 Å². The highest BCUT2D eigenvalue weighted by molar-refractivity contribution is 5.42. The van der Waals surface area contributed by atoms with Crippen LogP contribution in [-0.2, 0) is 0 Å². The topological polar surface area (TPSA) is 44.7 Å². The van der Waals surface area contributed by atoms with Gasteiger partial charge in [-0.3, -0.25) is 4.90 Å². The predicted molar refractivity (Wildman–Crippen MR) is 76.7 cm³/mol. The van der Waals surface area contributed by atoms with Crippen LogP contribution in [0.15, 0.2) is 30.9 Å². The molecule has 2 rings (SSSR count). The lowest BCUT2D eigenvalue weighted by Gasteiger charge is -2.35. The molecule has 0 bridgehead atoms. The normalized spacial score (nSPS) is 17.9. The summed E-state index contributed by atoms with van der Waals surface area (Å²) in [5.74, 6) is 0.976. The molecule has 4 heteroatoms. The minimum absolute atomic E-state index is 0.235. The van der Waals surface area contributed by atoms with Crippen molar-refractivity contribution < 1.29 is 9.84 Å². The number of piperazine rings is 1. The fraction of sp³-hybridized carbons (Fsp3) is 0.467. The third-order valence-electron chi connectivity index (χ3n) is 3.56. The zero-order valence-electron chi connectivity index (χ0n) is 11.4. The second-order valence-corrected chi connectivity index (χ2v) is 4.75. The van der Waals surface area contributed by atoms with Gasteiger partial charge >= 0.3 is 0 Å². The minimum atomic E-state index is 0.235. The Morgan fingerprint density at radius 3 is 2.84 bits per heavy atom. The Balaban J connectivity index is 2.29. The second-order valence-electron chi connectivity index (χ2n) is 4.75. The summed E-state index contributed by atoms with van der Waals surface area (Å²) in [6.45, 7) is 7.91. The number of phenolic OH excluding ortho intramolecular Hbond substituents is 1. The zero-order chi connectivity index (χ0) is 13.7. The van der Waals surface area contributed by atoms with Crippen LogP contribution in [0.2, 0.25) is 0 Å². The van der Waals surface area contributed by atoms with Crippen LogP contribution in [0.5, 0.6) is 11.5 Å². The van der Waals surface area contributed by atoms with Crippen molar-refractivity contribution in [1.82, 2.24) is 10.2 Å². The highest BCUT2D eigenvalue weighted by atomic mass is 16.5. The number of methoxy groups -OCH3 is 1. The first-order chi connectivity index (χ1) is 9.26. The van der Waals surface area contributed by atoms with Crippen LogP contribution in [0.4, 0.5) is 0 Å². The number of hydrogen-bond donors (Lipinski definition) is 2. The van der Waals surface area contributed by atoms with Gasteiger partial charge in [0, 0.05) is 43.9 Å². The van der Waals surface area contributed by atoms with E-state index in [1.807, 2.05) is 12.1 Å². The maximum absolute atomic E-state index is 9.57. The maximum Gasteiger partial charge on any atom is 0.127 e. The molecule has 1 aliphatic rings. The summed E-state index contributed by atoms with van der Waals surface area (Å²) in [4.78, 5) is 2.44. The molecule has 1 fully saturated rings. The Morgan fingerprint density at radius 1 is 1.47 bits per heavy atom. The van der Waals surface area contributed by atoms with E-state index in [1.54, 1.807) is 19.2 Å². The average Bonchev–Trinajstić information content (AvgIpc) is 2.46. The van der Waals surface area contributed by atoms with E-state index >= 15 is 0 Å². The molecule has 4 nitrogen and oxygen atoms in total. The molecule has 0 aliphatic carbocycles. The molecule has 0 unspecified atom stereocenters. The monoisotopic (exact) mass is 262 g/mol. The lowest BCUT2D eigenvalue weighted by molar-refractivity contribution is 0.171. The molecule has 0 aromatic heterocycles. The summed E-state index contributed by atoms with van der Waals surface area (Å²) in [5.41, 5.74) is 1.11. The van der Waals surface area contributed by atoms with Gasteiger partial charge in [0.1, 0.15) is 11.5 Å². The van der Waals surface area contributed by atoms with Gasteiger partial charge in [-0.25, -0.2) is 0 Å². The largest absolute Gasteiger partial charge is 0.508 e. The summed E-state index contributed by atoms with van der Waals surface area (Å²) in [6, 6.07) is 5.60. The molecule has 0 amide bonds. The van der Waals surface area contributed by atoms with Crippen molar-refractivity contribution in [2.24, 2.45) is 0 Å². The van der Waals surface area contributed by atoms with Crippen LogP contribution < -0.4 is 10.1 Å². The highest BCUT2D eigenvalue weighted by Crippen LogP contribution is 2.34. The maximum atomic E-state index is 9.57. The van der Waals surface area contributed by atoms with Crippen molar-refractivity contribution in [3.8, 4) is 11.5 Å². The molecular formula is C15H22N2O2. The molecule has 1 atom stereocenters. The van der Waals surface area contributed by atoms with Gasteiger partial charge in [-0.1, -0.05) is 12.1 Å². The molecule has 0 saturated carbocycles. The van der Waals surface area contributed by atoms with E-state index in [0.29, 0.717) is 0 Å². The van der Waals surface area contributed by atoms with Crippen LogP contribution in [0.25, 0.3) is 0 Å². The Morgan fingerprint density at radius 2 is 2.21 bits per heavy atom. The van der Waals surface area contributed by atoms with E-state index < -0.39 is 0 Å². The van der Waals surface area contributed by atoms with Crippen LogP contribution in [0, 0.1) is 0 Å². The molecule has 0 radical (unpaired) electrons. The van der Waals surface area contributed by atoms with Crippen LogP contribution in [0.3, 0.4) is 0 Å². The molecule has 19 heavy (non-hydrogen) atoms. The number of ether oxygens (including phenoxy) is 1. The fourth-order valence-corrected chi connectivity index (χ4v) is 2.60. The Labute approximate surface area is 114 Å². The summed E-state index contributed by atoms with van der Waals surface area (Å²) >= 11 is 0. The smallest absolute Gasteiger partial charge is 0.127 e. The standard InChI is InChI=1S/C15H22N2O2/c1-3-4-14(17-9-7-16-8-10-17)13-6-5-12(18)11-15(13)19-2/h3,5-6,11,14,16,18H,1,4,7-10H2,2H3/t14-/m0/s1. The SMILES string of the molecule is C=CC[C@@H](c1ccc(O)cc1OC)N1CCNCC1. The lowest BCUT2D eigenvalue weighted by Crippen LogP contribution is -2.45. The fourth-order valence-electron chi connectivity index (χ4n) is 2.60. The molecule has 1 aliphatic heterocycles. The van der Waals surface area contributed by atoms with Gasteiger partial charge in [-0.2, -0.15) is 0 Å². The molecule has 1 saturated heterocycles. The van der Waals surface area contributed by atoms with Gasteiger partial charge in [0.05, 0.1) is 7.11 Å². The average molecular weight is 262 g/mol. The molecule has 1 aromatic carbocycles. The number of nitrogens with zero attached hydrogens (tertiary/aromatic N) is 1.